The average Bonchev–Trinajstić information content (AvgIpc) is 2.72. The first-order valence-corrected chi connectivity index (χ1v) is 10.2. The van der Waals surface area contributed by atoms with E-state index in [1.807, 2.05) is 0 Å². The third kappa shape index (κ3) is 58.6. The van der Waals surface area contributed by atoms with Crippen molar-refractivity contribution >= 4 is 5.91 Å². The Balaban J connectivity index is -0.000000111. The van der Waals surface area contributed by atoms with Crippen molar-refractivity contribution < 1.29 is 4.79 Å². The van der Waals surface area contributed by atoms with Crippen molar-refractivity contribution in [2.24, 2.45) is 97.5 Å². The summed E-state index contributed by atoms with van der Waals surface area (Å²) in [5.74, 6) is -0.314. The number of rotatable bonds is 7. The zero-order valence-electron chi connectivity index (χ0n) is 20.7. The summed E-state index contributed by atoms with van der Waals surface area (Å²) in [6.07, 6.45) is 7.83. The Morgan fingerprint density at radius 1 is 0.371 bits per heavy atom. The molecule has 0 spiro atoms. The van der Waals surface area contributed by atoms with Crippen LogP contribution < -0.4 is 97.5 Å². The molecule has 0 aromatic heterocycles. The SMILES string of the molecule is CCCCCCCCC(N)=O.NC(N)=C(N)N.NC(N)=C(N)N.NC(N)=C(N)N.NC(N)=C(N)N. The van der Waals surface area contributed by atoms with Crippen molar-refractivity contribution in [1.82, 2.24) is 0 Å². The van der Waals surface area contributed by atoms with Gasteiger partial charge in [-0.2, -0.15) is 0 Å². The highest BCUT2D eigenvalue weighted by atomic mass is 16.1. The second kappa shape index (κ2) is 27.3. The molecule has 0 aromatic carbocycles. The van der Waals surface area contributed by atoms with Crippen LogP contribution in [0.4, 0.5) is 0 Å². The van der Waals surface area contributed by atoms with Crippen LogP contribution >= 0.6 is 0 Å². The Morgan fingerprint density at radius 3 is 0.743 bits per heavy atom. The Kier molecular flexibility index (Phi) is 31.6. The van der Waals surface area contributed by atoms with E-state index in [9.17, 15) is 4.79 Å². The monoisotopic (exact) mass is 509 g/mol. The van der Waals surface area contributed by atoms with E-state index in [2.05, 4.69) is 6.92 Å². The van der Waals surface area contributed by atoms with Crippen molar-refractivity contribution in [2.45, 2.75) is 51.9 Å². The third-order valence-electron chi connectivity index (χ3n) is 3.11. The van der Waals surface area contributed by atoms with E-state index in [-0.39, 0.29) is 52.5 Å². The predicted octanol–water partition coefficient (Wildman–Crippen LogP) is -5.99. The maximum Gasteiger partial charge on any atom is 0.217 e. The molecule has 0 rings (SSSR count). The minimum absolute atomic E-state index is 0.0185. The molecule has 0 radical (unpaired) electrons. The summed E-state index contributed by atoms with van der Waals surface area (Å²) < 4.78 is 0. The maximum atomic E-state index is 10.3. The van der Waals surface area contributed by atoms with Crippen molar-refractivity contribution in [1.29, 1.82) is 0 Å². The quantitative estimate of drug-likeness (QED) is 0.142. The highest BCUT2D eigenvalue weighted by molar-refractivity contribution is 5.73. The van der Waals surface area contributed by atoms with Crippen LogP contribution in [0.3, 0.4) is 0 Å². The lowest BCUT2D eigenvalue weighted by atomic mass is 10.1. The highest BCUT2D eigenvalue weighted by Crippen LogP contribution is 2.06. The van der Waals surface area contributed by atoms with Crippen LogP contribution in [0.5, 0.6) is 0 Å². The number of carbonyl (C=O) groups is 1. The van der Waals surface area contributed by atoms with Crippen LogP contribution in [0.1, 0.15) is 51.9 Å². The van der Waals surface area contributed by atoms with E-state index < -0.39 is 0 Å². The van der Waals surface area contributed by atoms with Gasteiger partial charge < -0.3 is 97.5 Å². The fourth-order valence-corrected chi connectivity index (χ4v) is 1.08. The standard InChI is InChI=1S/C9H19NO.4C2H8N4/c1-2-3-4-5-6-7-8-9(10)11;4*3-1(4)2(5)6/h2-8H2,1H3,(H2,10,11);4*3-6H2. The van der Waals surface area contributed by atoms with Crippen LogP contribution in [-0.2, 0) is 4.79 Å². The molecule has 0 atom stereocenters. The molecule has 210 valence electrons. The topological polar surface area (TPSA) is 459 Å². The number of hydrogen-bond acceptors (Lipinski definition) is 17. The smallest absolute Gasteiger partial charge is 0.217 e. The number of amides is 1. The first kappa shape index (κ1) is 40.6. The molecule has 0 aliphatic carbocycles. The van der Waals surface area contributed by atoms with Crippen LogP contribution in [0.15, 0.2) is 46.6 Å². The van der Waals surface area contributed by atoms with E-state index in [0.29, 0.717) is 6.42 Å². The van der Waals surface area contributed by atoms with Gasteiger partial charge in [-0.3, -0.25) is 4.79 Å². The lowest BCUT2D eigenvalue weighted by Crippen LogP contribution is -2.22. The number of unbranched alkanes of at least 4 members (excludes halogenated alkanes) is 5. The maximum absolute atomic E-state index is 10.3. The van der Waals surface area contributed by atoms with Crippen molar-refractivity contribution in [2.75, 3.05) is 0 Å². The molecular formula is C17H51N17O. The summed E-state index contributed by atoms with van der Waals surface area (Å²) in [6, 6.07) is 0. The Bertz CT molecular complexity index is 510. The molecule has 0 saturated carbocycles. The van der Waals surface area contributed by atoms with Crippen LogP contribution in [0.2, 0.25) is 0 Å². The second-order valence-corrected chi connectivity index (χ2v) is 6.63. The molecule has 18 nitrogen and oxygen atoms in total. The van der Waals surface area contributed by atoms with Crippen molar-refractivity contribution in [3.8, 4) is 0 Å². The first-order chi connectivity index (χ1) is 15.8. The molecule has 1 amide bonds. The van der Waals surface area contributed by atoms with Gasteiger partial charge in [-0.15, -0.1) is 0 Å². The van der Waals surface area contributed by atoms with Gasteiger partial charge in [0.15, 0.2) is 0 Å². The lowest BCUT2D eigenvalue weighted by Gasteiger charge is -1.97. The van der Waals surface area contributed by atoms with Gasteiger partial charge in [0.25, 0.3) is 0 Å². The fraction of sp³-hybridized carbons (Fsp3) is 0.471. The second-order valence-electron chi connectivity index (χ2n) is 6.63. The molecule has 0 unspecified atom stereocenters. The summed E-state index contributed by atoms with van der Waals surface area (Å²) in [5.41, 5.74) is 82.5. The van der Waals surface area contributed by atoms with Crippen molar-refractivity contribution in [3.05, 3.63) is 46.6 Å². The molecule has 0 aliphatic heterocycles. The molecule has 35 heavy (non-hydrogen) atoms. The first-order valence-electron chi connectivity index (χ1n) is 10.2. The van der Waals surface area contributed by atoms with Crippen LogP contribution in [0.25, 0.3) is 0 Å². The normalized spacial score (nSPS) is 8.14. The van der Waals surface area contributed by atoms with Gasteiger partial charge in [-0.25, -0.2) is 0 Å². The zero-order valence-corrected chi connectivity index (χ0v) is 20.7. The molecule has 0 fully saturated rings. The van der Waals surface area contributed by atoms with E-state index in [1.54, 1.807) is 0 Å². The number of nitrogens with two attached hydrogens (primary N) is 17. The largest absolute Gasteiger partial charge is 0.383 e. The molecule has 18 heteroatoms. The summed E-state index contributed by atoms with van der Waals surface area (Å²) >= 11 is 0. The Hall–Kier alpha value is -4.77. The number of carbonyl (C=O) groups excluding carboxylic acids is 1. The molecule has 0 aromatic rings. The fourth-order valence-electron chi connectivity index (χ4n) is 1.08. The van der Waals surface area contributed by atoms with Crippen molar-refractivity contribution in [3.63, 3.8) is 0 Å². The van der Waals surface area contributed by atoms with E-state index >= 15 is 0 Å². The van der Waals surface area contributed by atoms with Crippen LogP contribution in [0, 0.1) is 0 Å². The summed E-state index contributed by atoms with van der Waals surface area (Å²) in [7, 11) is 0. The minimum Gasteiger partial charge on any atom is -0.383 e. The van der Waals surface area contributed by atoms with Gasteiger partial charge in [-0.05, 0) is 6.42 Å². The molecule has 34 N–H and O–H groups in total. The molecule has 0 heterocycles. The van der Waals surface area contributed by atoms with Gasteiger partial charge in [0.2, 0.25) is 5.91 Å². The Labute approximate surface area is 207 Å². The molecule has 0 saturated heterocycles. The number of primary amides is 1. The van der Waals surface area contributed by atoms with E-state index in [4.69, 9.17) is 97.5 Å². The van der Waals surface area contributed by atoms with Gasteiger partial charge in [0.05, 0.1) is 0 Å². The lowest BCUT2D eigenvalue weighted by molar-refractivity contribution is -0.118. The average molecular weight is 510 g/mol. The number of hydrogen-bond donors (Lipinski definition) is 17. The summed E-state index contributed by atoms with van der Waals surface area (Å²) in [6.45, 7) is 2.20. The van der Waals surface area contributed by atoms with Crippen LogP contribution in [-0.4, -0.2) is 5.91 Å². The van der Waals surface area contributed by atoms with Gasteiger partial charge >= 0.3 is 0 Å². The summed E-state index contributed by atoms with van der Waals surface area (Å²) in [4.78, 5) is 10.3. The minimum atomic E-state index is -0.166. The predicted molar refractivity (Wildman–Crippen MR) is 142 cm³/mol. The van der Waals surface area contributed by atoms with E-state index in [0.717, 1.165) is 12.8 Å². The highest BCUT2D eigenvalue weighted by Gasteiger charge is 1.93. The molecular weight excluding hydrogens is 458 g/mol. The Morgan fingerprint density at radius 2 is 0.571 bits per heavy atom. The third-order valence-corrected chi connectivity index (χ3v) is 3.11. The summed E-state index contributed by atoms with van der Waals surface area (Å²) in [5, 5.41) is 0. The molecule has 0 bridgehead atoms. The van der Waals surface area contributed by atoms with Gasteiger partial charge in [-0.1, -0.05) is 39.0 Å². The van der Waals surface area contributed by atoms with Gasteiger partial charge in [0, 0.05) is 6.42 Å². The van der Waals surface area contributed by atoms with Gasteiger partial charge in [0.1, 0.15) is 46.6 Å². The van der Waals surface area contributed by atoms with E-state index in [1.165, 1.54) is 25.7 Å². The zero-order chi connectivity index (χ0) is 29.1. The molecule has 0 aliphatic rings.